The Morgan fingerprint density at radius 1 is 1.53 bits per heavy atom. The molecule has 0 aliphatic carbocycles. The molecule has 1 unspecified atom stereocenters. The Morgan fingerprint density at radius 2 is 2.18 bits per heavy atom. The summed E-state index contributed by atoms with van der Waals surface area (Å²) in [5.74, 6) is -0.0204. The van der Waals surface area contributed by atoms with Gasteiger partial charge in [-0.25, -0.2) is 0 Å². The predicted molar refractivity (Wildman–Crippen MR) is 72.1 cm³/mol. The van der Waals surface area contributed by atoms with E-state index in [0.29, 0.717) is 6.54 Å². The van der Waals surface area contributed by atoms with E-state index in [9.17, 15) is 4.79 Å². The summed E-state index contributed by atoms with van der Waals surface area (Å²) >= 11 is 0. The zero-order chi connectivity index (χ0) is 13.0. The molecule has 94 valence electrons. The van der Waals surface area contributed by atoms with Crippen LogP contribution >= 0.6 is 0 Å². The zero-order valence-corrected chi connectivity index (χ0v) is 10.9. The van der Waals surface area contributed by atoms with Gasteiger partial charge in [-0.2, -0.15) is 0 Å². The fraction of sp³-hybridized carbons (Fsp3) is 0.462. The molecule has 17 heavy (non-hydrogen) atoms. The second kappa shape index (κ2) is 5.57. The molecule has 1 rings (SSSR count). The third kappa shape index (κ3) is 3.12. The van der Waals surface area contributed by atoms with E-state index in [0.717, 1.165) is 16.9 Å². The first-order valence-electron chi connectivity index (χ1n) is 5.75. The average Bonchev–Trinajstić information content (AvgIpc) is 2.31. The quantitative estimate of drug-likeness (QED) is 0.775. The van der Waals surface area contributed by atoms with Crippen LogP contribution in [0.3, 0.4) is 0 Å². The number of hydrogen-bond donors (Lipinski definition) is 2. The van der Waals surface area contributed by atoms with Gasteiger partial charge in [0.15, 0.2) is 0 Å². The standard InChI is InChI=1S/C13H21N3O/c1-9-6-5-7-11(12(9)14)16(4)8-10(2)13(17)15-3/h5-7,10H,8,14H2,1-4H3,(H,15,17). The number of carbonyl (C=O) groups is 1. The van der Waals surface area contributed by atoms with Crippen molar-refractivity contribution in [2.24, 2.45) is 5.92 Å². The third-order valence-corrected chi connectivity index (χ3v) is 2.95. The third-order valence-electron chi connectivity index (χ3n) is 2.95. The van der Waals surface area contributed by atoms with Crippen LogP contribution in [0.4, 0.5) is 11.4 Å². The molecule has 0 spiro atoms. The minimum atomic E-state index is -0.0649. The van der Waals surface area contributed by atoms with Gasteiger partial charge in [-0.05, 0) is 18.6 Å². The maximum atomic E-state index is 11.5. The van der Waals surface area contributed by atoms with E-state index >= 15 is 0 Å². The lowest BCUT2D eigenvalue weighted by molar-refractivity contribution is -0.123. The van der Waals surface area contributed by atoms with Crippen molar-refractivity contribution in [1.29, 1.82) is 0 Å². The highest BCUT2D eigenvalue weighted by Gasteiger charge is 2.15. The Morgan fingerprint density at radius 3 is 2.76 bits per heavy atom. The van der Waals surface area contributed by atoms with Crippen LogP contribution in [0.2, 0.25) is 0 Å². The van der Waals surface area contributed by atoms with E-state index in [1.807, 2.05) is 44.0 Å². The number of carbonyl (C=O) groups excluding carboxylic acids is 1. The van der Waals surface area contributed by atoms with Crippen molar-refractivity contribution in [3.63, 3.8) is 0 Å². The highest BCUT2D eigenvalue weighted by atomic mass is 16.1. The molecule has 0 aromatic heterocycles. The molecule has 0 aliphatic rings. The van der Waals surface area contributed by atoms with Gasteiger partial charge in [0, 0.05) is 20.6 Å². The van der Waals surface area contributed by atoms with Gasteiger partial charge in [-0.1, -0.05) is 19.1 Å². The number of benzene rings is 1. The summed E-state index contributed by atoms with van der Waals surface area (Å²) in [6.45, 7) is 4.53. The van der Waals surface area contributed by atoms with E-state index in [1.165, 1.54) is 0 Å². The van der Waals surface area contributed by atoms with Crippen LogP contribution in [0.5, 0.6) is 0 Å². The maximum Gasteiger partial charge on any atom is 0.224 e. The number of amides is 1. The lowest BCUT2D eigenvalue weighted by atomic mass is 10.1. The van der Waals surface area contributed by atoms with Crippen LogP contribution in [-0.4, -0.2) is 26.5 Å². The molecule has 1 aromatic carbocycles. The summed E-state index contributed by atoms with van der Waals surface area (Å²) in [7, 11) is 3.60. The fourth-order valence-corrected chi connectivity index (χ4v) is 1.84. The molecule has 1 amide bonds. The summed E-state index contributed by atoms with van der Waals surface area (Å²) in [5.41, 5.74) is 8.83. The SMILES string of the molecule is CNC(=O)C(C)CN(C)c1cccc(C)c1N. The van der Waals surface area contributed by atoms with Gasteiger partial charge in [0.25, 0.3) is 0 Å². The largest absolute Gasteiger partial charge is 0.397 e. The first-order valence-corrected chi connectivity index (χ1v) is 5.75. The van der Waals surface area contributed by atoms with Crippen LogP contribution in [0, 0.1) is 12.8 Å². The molecular formula is C13H21N3O. The lowest BCUT2D eigenvalue weighted by Gasteiger charge is -2.24. The first kappa shape index (κ1) is 13.4. The van der Waals surface area contributed by atoms with Crippen LogP contribution in [0.1, 0.15) is 12.5 Å². The molecule has 0 heterocycles. The van der Waals surface area contributed by atoms with E-state index in [-0.39, 0.29) is 11.8 Å². The Hall–Kier alpha value is -1.71. The summed E-state index contributed by atoms with van der Waals surface area (Å²) in [5, 5.41) is 2.65. The Bertz CT molecular complexity index is 404. The summed E-state index contributed by atoms with van der Waals surface area (Å²) in [4.78, 5) is 13.5. The summed E-state index contributed by atoms with van der Waals surface area (Å²) < 4.78 is 0. The molecule has 0 radical (unpaired) electrons. The Kier molecular flexibility index (Phi) is 4.37. The highest BCUT2D eigenvalue weighted by Crippen LogP contribution is 2.25. The number of nitrogen functional groups attached to an aromatic ring is 1. The second-order valence-electron chi connectivity index (χ2n) is 4.40. The van der Waals surface area contributed by atoms with E-state index < -0.39 is 0 Å². The minimum absolute atomic E-state index is 0.0445. The molecule has 0 bridgehead atoms. The molecule has 1 aromatic rings. The zero-order valence-electron chi connectivity index (χ0n) is 10.9. The molecule has 0 saturated heterocycles. The number of hydrogen-bond acceptors (Lipinski definition) is 3. The maximum absolute atomic E-state index is 11.5. The molecule has 4 heteroatoms. The van der Waals surface area contributed by atoms with Crippen molar-refractivity contribution in [2.45, 2.75) is 13.8 Å². The van der Waals surface area contributed by atoms with Crippen LogP contribution in [0.25, 0.3) is 0 Å². The molecule has 3 N–H and O–H groups in total. The topological polar surface area (TPSA) is 58.4 Å². The molecule has 4 nitrogen and oxygen atoms in total. The number of anilines is 2. The average molecular weight is 235 g/mol. The van der Waals surface area contributed by atoms with Crippen molar-refractivity contribution >= 4 is 17.3 Å². The van der Waals surface area contributed by atoms with Gasteiger partial charge in [-0.3, -0.25) is 4.79 Å². The number of rotatable bonds is 4. The molecule has 0 saturated carbocycles. The van der Waals surface area contributed by atoms with Crippen molar-refractivity contribution < 1.29 is 4.79 Å². The van der Waals surface area contributed by atoms with Gasteiger partial charge in [0.2, 0.25) is 5.91 Å². The molecule has 0 fully saturated rings. The number of para-hydroxylation sites is 1. The van der Waals surface area contributed by atoms with Gasteiger partial charge in [-0.15, -0.1) is 0 Å². The van der Waals surface area contributed by atoms with Gasteiger partial charge < -0.3 is 16.0 Å². The second-order valence-corrected chi connectivity index (χ2v) is 4.40. The monoisotopic (exact) mass is 235 g/mol. The van der Waals surface area contributed by atoms with Gasteiger partial charge in [0.05, 0.1) is 17.3 Å². The van der Waals surface area contributed by atoms with Crippen molar-refractivity contribution in [3.8, 4) is 0 Å². The normalized spacial score (nSPS) is 12.0. The Labute approximate surface area is 103 Å². The van der Waals surface area contributed by atoms with Crippen LogP contribution in [0.15, 0.2) is 18.2 Å². The van der Waals surface area contributed by atoms with Crippen LogP contribution < -0.4 is 16.0 Å². The number of nitrogens with two attached hydrogens (primary N) is 1. The number of nitrogens with one attached hydrogen (secondary N) is 1. The van der Waals surface area contributed by atoms with Crippen molar-refractivity contribution in [1.82, 2.24) is 5.32 Å². The minimum Gasteiger partial charge on any atom is -0.397 e. The van der Waals surface area contributed by atoms with Crippen LogP contribution in [-0.2, 0) is 4.79 Å². The van der Waals surface area contributed by atoms with Gasteiger partial charge >= 0.3 is 0 Å². The fourth-order valence-electron chi connectivity index (χ4n) is 1.84. The number of nitrogens with zero attached hydrogens (tertiary/aromatic N) is 1. The van der Waals surface area contributed by atoms with E-state index in [2.05, 4.69) is 5.32 Å². The number of aryl methyl sites for hydroxylation is 1. The van der Waals surface area contributed by atoms with E-state index in [4.69, 9.17) is 5.73 Å². The summed E-state index contributed by atoms with van der Waals surface area (Å²) in [6.07, 6.45) is 0. The Balaban J connectivity index is 2.80. The molecular weight excluding hydrogens is 214 g/mol. The lowest BCUT2D eigenvalue weighted by Crippen LogP contribution is -2.34. The predicted octanol–water partition coefficient (Wildman–Crippen LogP) is 1.40. The smallest absolute Gasteiger partial charge is 0.224 e. The van der Waals surface area contributed by atoms with Crippen molar-refractivity contribution in [3.05, 3.63) is 23.8 Å². The highest BCUT2D eigenvalue weighted by molar-refractivity contribution is 5.79. The van der Waals surface area contributed by atoms with Crippen molar-refractivity contribution in [2.75, 3.05) is 31.3 Å². The molecule has 0 aliphatic heterocycles. The van der Waals surface area contributed by atoms with E-state index in [1.54, 1.807) is 7.05 Å². The summed E-state index contributed by atoms with van der Waals surface area (Å²) in [6, 6.07) is 5.93. The first-order chi connectivity index (χ1) is 7.97. The molecule has 1 atom stereocenters. The van der Waals surface area contributed by atoms with Gasteiger partial charge in [0.1, 0.15) is 0 Å².